The normalized spacial score (nSPS) is 19.4. The molecule has 0 spiro atoms. The van der Waals surface area contributed by atoms with E-state index < -0.39 is 32.6 Å². The third-order valence-electron chi connectivity index (χ3n) is 6.62. The van der Waals surface area contributed by atoms with Gasteiger partial charge in [0.1, 0.15) is 5.69 Å². The molecule has 0 atom stereocenters. The highest BCUT2D eigenvalue weighted by molar-refractivity contribution is 7.93. The third-order valence-corrected chi connectivity index (χ3v) is 8.37. The van der Waals surface area contributed by atoms with Crippen molar-refractivity contribution in [2.24, 2.45) is 0 Å². The summed E-state index contributed by atoms with van der Waals surface area (Å²) in [5, 5.41) is 0.421. The molecule has 0 radical (unpaired) electrons. The van der Waals surface area contributed by atoms with E-state index in [1.807, 2.05) is 0 Å². The number of benzene rings is 1. The number of piperazine rings is 1. The Kier molecular flexibility index (Phi) is 7.72. The lowest BCUT2D eigenvalue weighted by atomic mass is 10.1. The van der Waals surface area contributed by atoms with E-state index in [1.54, 1.807) is 6.20 Å². The minimum absolute atomic E-state index is 0.313. The van der Waals surface area contributed by atoms with Gasteiger partial charge in [0.2, 0.25) is 10.0 Å². The van der Waals surface area contributed by atoms with E-state index in [1.165, 1.54) is 24.4 Å². The fourth-order valence-corrected chi connectivity index (χ4v) is 4.84. The van der Waals surface area contributed by atoms with Gasteiger partial charge in [0, 0.05) is 38.1 Å². The van der Waals surface area contributed by atoms with E-state index in [9.17, 15) is 12.8 Å². The minimum atomic E-state index is -3.80. The summed E-state index contributed by atoms with van der Waals surface area (Å²) in [6.45, 7) is 8.91. The highest BCUT2D eigenvalue weighted by Crippen LogP contribution is 2.32. The predicted octanol–water partition coefficient (Wildman–Crippen LogP) is 3.58. The van der Waals surface area contributed by atoms with Gasteiger partial charge in [-0.05, 0) is 63.6 Å². The zero-order valence-electron chi connectivity index (χ0n) is 21.1. The molecule has 2 heterocycles. The van der Waals surface area contributed by atoms with E-state index in [4.69, 9.17) is 0 Å². The molecule has 0 amide bonds. The van der Waals surface area contributed by atoms with Crippen molar-refractivity contribution in [2.45, 2.75) is 38.9 Å². The van der Waals surface area contributed by atoms with Crippen LogP contribution < -0.4 is 20.7 Å². The van der Waals surface area contributed by atoms with Crippen molar-refractivity contribution in [3.63, 3.8) is 0 Å². The maximum absolute atomic E-state index is 15.3. The van der Waals surface area contributed by atoms with Crippen molar-refractivity contribution >= 4 is 21.4 Å². The third kappa shape index (κ3) is 5.58. The van der Waals surface area contributed by atoms with Crippen LogP contribution in [-0.2, 0) is 10.0 Å². The van der Waals surface area contributed by atoms with E-state index in [0.717, 1.165) is 62.4 Å². The van der Waals surface area contributed by atoms with Gasteiger partial charge in [0.25, 0.3) is 0 Å². The van der Waals surface area contributed by atoms with E-state index in [-0.39, 0.29) is 5.69 Å². The SMILES string of the molecule is CCC1=CC(N2CCN(C)CC2)=CC(C2=CN(c3c(F)ccc(NS(=O)(=O)C(C)C)c3F)NN2)=CC1. The van der Waals surface area contributed by atoms with Gasteiger partial charge in [0.05, 0.1) is 16.6 Å². The molecule has 36 heavy (non-hydrogen) atoms. The second-order valence-corrected chi connectivity index (χ2v) is 11.7. The molecule has 1 saturated heterocycles. The Morgan fingerprint density at radius 1 is 1.11 bits per heavy atom. The number of sulfonamides is 1. The molecule has 0 bridgehead atoms. The average molecular weight is 521 g/mol. The molecular weight excluding hydrogens is 486 g/mol. The van der Waals surface area contributed by atoms with Crippen LogP contribution in [0.1, 0.15) is 33.6 Å². The van der Waals surface area contributed by atoms with Crippen LogP contribution in [0.4, 0.5) is 20.2 Å². The van der Waals surface area contributed by atoms with Crippen LogP contribution in [-0.4, -0.2) is 56.7 Å². The number of hydrogen-bond donors (Lipinski definition) is 3. The number of nitrogens with one attached hydrogen (secondary N) is 3. The van der Waals surface area contributed by atoms with Crippen LogP contribution in [0.25, 0.3) is 0 Å². The first-order chi connectivity index (χ1) is 17.1. The molecule has 3 N–H and O–H groups in total. The lowest BCUT2D eigenvalue weighted by Gasteiger charge is -2.35. The molecule has 0 unspecified atom stereocenters. The molecule has 1 aromatic carbocycles. The summed E-state index contributed by atoms with van der Waals surface area (Å²) in [6.07, 6.45) is 9.71. The zero-order valence-corrected chi connectivity index (χ0v) is 21.9. The number of hydrogen-bond acceptors (Lipinski definition) is 7. The number of rotatable bonds is 7. The van der Waals surface area contributed by atoms with Gasteiger partial charge in [-0.25, -0.2) is 17.2 Å². The van der Waals surface area contributed by atoms with Crippen LogP contribution >= 0.6 is 0 Å². The van der Waals surface area contributed by atoms with Crippen LogP contribution in [0, 0.1) is 11.6 Å². The molecule has 1 aromatic rings. The molecule has 11 heteroatoms. The Hall–Kier alpha value is -2.89. The largest absolute Gasteiger partial charge is 0.369 e. The van der Waals surface area contributed by atoms with E-state index in [0.29, 0.717) is 5.70 Å². The van der Waals surface area contributed by atoms with Crippen molar-refractivity contribution in [3.05, 3.63) is 70.7 Å². The van der Waals surface area contributed by atoms with Crippen molar-refractivity contribution in [1.29, 1.82) is 0 Å². The lowest BCUT2D eigenvalue weighted by Crippen LogP contribution is -2.43. The van der Waals surface area contributed by atoms with Crippen molar-refractivity contribution in [2.75, 3.05) is 43.0 Å². The molecule has 2 aliphatic heterocycles. The number of anilines is 2. The number of likely N-dealkylation sites (N-methyl/N-ethyl adjacent to an activating group) is 1. The Morgan fingerprint density at radius 2 is 1.83 bits per heavy atom. The average Bonchev–Trinajstić information content (AvgIpc) is 3.21. The monoisotopic (exact) mass is 520 g/mol. The second kappa shape index (κ2) is 10.6. The highest BCUT2D eigenvalue weighted by Gasteiger charge is 2.27. The van der Waals surface area contributed by atoms with Crippen molar-refractivity contribution in [3.8, 4) is 0 Å². The van der Waals surface area contributed by atoms with Gasteiger partial charge in [-0.3, -0.25) is 9.73 Å². The quantitative estimate of drug-likeness (QED) is 0.507. The zero-order chi connectivity index (χ0) is 26.0. The summed E-state index contributed by atoms with van der Waals surface area (Å²) in [4.78, 5) is 4.66. The molecular formula is C25H34F2N6O2S. The molecule has 0 saturated carbocycles. The van der Waals surface area contributed by atoms with Crippen LogP contribution in [0.3, 0.4) is 0 Å². The van der Waals surface area contributed by atoms with Gasteiger partial charge in [-0.2, -0.15) is 0 Å². The molecule has 1 fully saturated rings. The van der Waals surface area contributed by atoms with Gasteiger partial charge in [-0.1, -0.05) is 18.6 Å². The molecule has 8 nitrogen and oxygen atoms in total. The Bertz CT molecular complexity index is 1230. The highest BCUT2D eigenvalue weighted by atomic mass is 32.2. The first kappa shape index (κ1) is 26.2. The molecule has 0 aromatic heterocycles. The van der Waals surface area contributed by atoms with Crippen LogP contribution in [0.2, 0.25) is 0 Å². The molecule has 196 valence electrons. The lowest BCUT2D eigenvalue weighted by molar-refractivity contribution is 0.190. The first-order valence-electron chi connectivity index (χ1n) is 12.2. The maximum atomic E-state index is 15.3. The molecule has 1 aliphatic carbocycles. The topological polar surface area (TPSA) is 80.0 Å². The van der Waals surface area contributed by atoms with Crippen molar-refractivity contribution in [1.82, 2.24) is 20.8 Å². The van der Waals surface area contributed by atoms with E-state index in [2.05, 4.69) is 57.7 Å². The standard InChI is InChI=1S/C25H34F2N6O2S/c1-5-18-6-7-19(15-20(14-18)32-12-10-31(4)11-13-32)23-16-33(30-28-23)25-21(26)8-9-22(24(25)27)29-36(34,35)17(2)3/h7-9,14-17,28-30H,5-6,10-13H2,1-4H3. The fraction of sp³-hybridized carbons (Fsp3) is 0.440. The second-order valence-electron chi connectivity index (χ2n) is 9.48. The van der Waals surface area contributed by atoms with Crippen LogP contribution in [0.15, 0.2) is 59.1 Å². The molecule has 3 aliphatic rings. The summed E-state index contributed by atoms with van der Waals surface area (Å²) in [5.41, 5.74) is 9.05. The van der Waals surface area contributed by atoms with Gasteiger partial charge in [-0.15, -0.1) is 5.53 Å². The predicted molar refractivity (Wildman–Crippen MR) is 139 cm³/mol. The summed E-state index contributed by atoms with van der Waals surface area (Å²) in [7, 11) is -1.68. The maximum Gasteiger partial charge on any atom is 0.235 e. The summed E-state index contributed by atoms with van der Waals surface area (Å²) >= 11 is 0. The van der Waals surface area contributed by atoms with Crippen LogP contribution in [0.5, 0.6) is 0 Å². The number of allylic oxidation sites excluding steroid dienone is 4. The number of hydrazine groups is 2. The number of halogens is 2. The smallest absolute Gasteiger partial charge is 0.235 e. The van der Waals surface area contributed by atoms with Gasteiger partial charge < -0.3 is 15.2 Å². The number of nitrogens with zero attached hydrogens (tertiary/aromatic N) is 3. The molecule has 4 rings (SSSR count). The minimum Gasteiger partial charge on any atom is -0.369 e. The fourth-order valence-electron chi connectivity index (χ4n) is 4.14. The summed E-state index contributed by atoms with van der Waals surface area (Å²) in [5.74, 6) is -1.84. The van der Waals surface area contributed by atoms with Gasteiger partial charge in [0.15, 0.2) is 11.6 Å². The Labute approximate surface area is 212 Å². The van der Waals surface area contributed by atoms with Gasteiger partial charge >= 0.3 is 0 Å². The first-order valence-corrected chi connectivity index (χ1v) is 13.7. The summed E-state index contributed by atoms with van der Waals surface area (Å²) < 4.78 is 56.7. The van der Waals surface area contributed by atoms with E-state index >= 15 is 4.39 Å². The summed E-state index contributed by atoms with van der Waals surface area (Å²) in [6, 6.07) is 2.12. The van der Waals surface area contributed by atoms with Crippen molar-refractivity contribution < 1.29 is 17.2 Å². The Morgan fingerprint density at radius 3 is 2.50 bits per heavy atom. The Balaban J connectivity index is 1.63.